The maximum Gasteiger partial charge on any atom is 0.252 e. The number of hydrogen-bond acceptors (Lipinski definition) is 2. The maximum atomic E-state index is 11.0. The van der Waals surface area contributed by atoms with Crippen LogP contribution in [0.2, 0.25) is 0 Å². The van der Waals surface area contributed by atoms with Gasteiger partial charge < -0.3 is 5.32 Å². The third-order valence-corrected chi connectivity index (χ3v) is 3.07. The van der Waals surface area contributed by atoms with Gasteiger partial charge >= 0.3 is 0 Å². The Bertz CT molecular complexity index is 294. The molecule has 0 radical (unpaired) electrons. The van der Waals surface area contributed by atoms with Crippen molar-refractivity contribution in [3.8, 4) is 0 Å². The van der Waals surface area contributed by atoms with E-state index < -0.39 is 0 Å². The summed E-state index contributed by atoms with van der Waals surface area (Å²) in [6.07, 6.45) is 0. The van der Waals surface area contributed by atoms with E-state index in [2.05, 4.69) is 21.2 Å². The molecule has 0 saturated heterocycles. The Morgan fingerprint density at radius 1 is 1.70 bits per heavy atom. The van der Waals surface area contributed by atoms with Crippen LogP contribution in [0.25, 0.3) is 0 Å². The number of carbonyl (C=O) groups is 1. The summed E-state index contributed by atoms with van der Waals surface area (Å²) in [4.78, 5) is 12.1. The minimum absolute atomic E-state index is 0.0527. The molecule has 4 heteroatoms. The Morgan fingerprint density at radius 2 is 2.50 bits per heavy atom. The van der Waals surface area contributed by atoms with E-state index in [0.29, 0.717) is 6.54 Å². The second kappa shape index (κ2) is 2.07. The number of fused-ring (bicyclic) bond motifs is 1. The van der Waals surface area contributed by atoms with Crippen molar-refractivity contribution in [3.63, 3.8) is 0 Å². The summed E-state index contributed by atoms with van der Waals surface area (Å²) in [5, 5.41) is 2.74. The molecule has 0 atom stereocenters. The van der Waals surface area contributed by atoms with Gasteiger partial charge in [-0.3, -0.25) is 4.79 Å². The smallest absolute Gasteiger partial charge is 0.252 e. The Hall–Kier alpha value is -0.350. The monoisotopic (exact) mass is 217 g/mol. The van der Waals surface area contributed by atoms with Crippen molar-refractivity contribution < 1.29 is 4.79 Å². The fourth-order valence-corrected chi connectivity index (χ4v) is 2.61. The molecule has 10 heavy (non-hydrogen) atoms. The molecule has 0 spiro atoms. The molecule has 1 amide bonds. The summed E-state index contributed by atoms with van der Waals surface area (Å²) in [6, 6.07) is 1.86. The lowest BCUT2D eigenvalue weighted by Crippen LogP contribution is -2.12. The first-order chi connectivity index (χ1) is 4.77. The molecular weight excluding hydrogens is 214 g/mol. The summed E-state index contributed by atoms with van der Waals surface area (Å²) in [5.74, 6) is 0.0527. The number of nitrogens with one attached hydrogen (secondary N) is 1. The van der Waals surface area contributed by atoms with Crippen molar-refractivity contribution in [2.45, 2.75) is 6.54 Å². The van der Waals surface area contributed by atoms with E-state index in [-0.39, 0.29) is 5.91 Å². The average Bonchev–Trinajstić information content (AvgIpc) is 2.35. The van der Waals surface area contributed by atoms with Crippen LogP contribution in [0.15, 0.2) is 9.85 Å². The van der Waals surface area contributed by atoms with Gasteiger partial charge in [0, 0.05) is 4.88 Å². The first-order valence-electron chi connectivity index (χ1n) is 2.84. The normalized spacial score (nSPS) is 15.1. The minimum atomic E-state index is 0.0527. The van der Waals surface area contributed by atoms with Crippen LogP contribution >= 0.6 is 27.3 Å². The van der Waals surface area contributed by atoms with Crippen LogP contribution in [0, 0.1) is 0 Å². The lowest BCUT2D eigenvalue weighted by atomic mass is 10.3. The first kappa shape index (κ1) is 6.37. The summed E-state index contributed by atoms with van der Waals surface area (Å²) in [5.41, 5.74) is 0.830. The first-order valence-corrected chi connectivity index (χ1v) is 4.45. The summed E-state index contributed by atoms with van der Waals surface area (Å²) < 4.78 is 1.03. The number of halogens is 1. The molecule has 0 fully saturated rings. The van der Waals surface area contributed by atoms with Crippen LogP contribution in [0.3, 0.4) is 0 Å². The van der Waals surface area contributed by atoms with Crippen molar-refractivity contribution in [3.05, 3.63) is 20.3 Å². The number of rotatable bonds is 0. The van der Waals surface area contributed by atoms with Gasteiger partial charge in [0.2, 0.25) is 0 Å². The van der Waals surface area contributed by atoms with Gasteiger partial charge in [0.05, 0.1) is 15.9 Å². The Labute approximate surface area is 70.4 Å². The third kappa shape index (κ3) is 0.793. The van der Waals surface area contributed by atoms with Gasteiger partial charge in [0.25, 0.3) is 5.91 Å². The fourth-order valence-electron chi connectivity index (χ4n) is 0.975. The highest BCUT2D eigenvalue weighted by Gasteiger charge is 2.20. The van der Waals surface area contributed by atoms with Crippen molar-refractivity contribution >= 4 is 33.2 Å². The quantitative estimate of drug-likeness (QED) is 0.706. The Balaban J connectivity index is 2.59. The Morgan fingerprint density at radius 3 is 3.20 bits per heavy atom. The molecule has 1 aromatic rings. The number of thiophene rings is 1. The average molecular weight is 218 g/mol. The van der Waals surface area contributed by atoms with Gasteiger partial charge in [-0.25, -0.2) is 0 Å². The van der Waals surface area contributed by atoms with E-state index in [1.807, 2.05) is 6.07 Å². The highest BCUT2D eigenvalue weighted by molar-refractivity contribution is 9.11. The lowest BCUT2D eigenvalue weighted by molar-refractivity contribution is 0.0966. The highest BCUT2D eigenvalue weighted by atomic mass is 79.9. The van der Waals surface area contributed by atoms with Gasteiger partial charge in [-0.05, 0) is 22.0 Å². The summed E-state index contributed by atoms with van der Waals surface area (Å²) in [6.45, 7) is 0.699. The largest absolute Gasteiger partial charge is 0.347 e. The molecule has 0 aromatic carbocycles. The van der Waals surface area contributed by atoms with E-state index in [9.17, 15) is 4.79 Å². The number of amides is 1. The maximum absolute atomic E-state index is 11.0. The van der Waals surface area contributed by atoms with Crippen LogP contribution in [0.1, 0.15) is 15.2 Å². The molecule has 1 aromatic heterocycles. The second-order valence-electron chi connectivity index (χ2n) is 2.07. The standard InChI is InChI=1S/C6H4BrNOS/c7-5-1-3-4(10-5)2-8-6(3)9/h1H,2H2,(H,8,9). The van der Waals surface area contributed by atoms with Crippen LogP contribution in [-0.2, 0) is 6.54 Å². The van der Waals surface area contributed by atoms with E-state index in [4.69, 9.17) is 0 Å². The van der Waals surface area contributed by atoms with Gasteiger partial charge in [-0.15, -0.1) is 11.3 Å². The zero-order chi connectivity index (χ0) is 7.14. The second-order valence-corrected chi connectivity index (χ2v) is 4.59. The van der Waals surface area contributed by atoms with Crippen molar-refractivity contribution in [1.82, 2.24) is 5.32 Å². The summed E-state index contributed by atoms with van der Waals surface area (Å²) >= 11 is 4.94. The molecule has 2 heterocycles. The van der Waals surface area contributed by atoms with Crippen molar-refractivity contribution in [2.24, 2.45) is 0 Å². The van der Waals surface area contributed by atoms with Crippen LogP contribution in [0.4, 0.5) is 0 Å². The molecule has 1 N–H and O–H groups in total. The van der Waals surface area contributed by atoms with E-state index in [0.717, 1.165) is 14.2 Å². The molecule has 52 valence electrons. The lowest BCUT2D eigenvalue weighted by Gasteiger charge is -1.86. The van der Waals surface area contributed by atoms with Gasteiger partial charge in [0.15, 0.2) is 0 Å². The van der Waals surface area contributed by atoms with Crippen LogP contribution in [-0.4, -0.2) is 5.91 Å². The van der Waals surface area contributed by atoms with Gasteiger partial charge in [0.1, 0.15) is 0 Å². The Kier molecular flexibility index (Phi) is 1.32. The molecule has 2 rings (SSSR count). The molecule has 0 unspecified atom stereocenters. The molecule has 1 aliphatic heterocycles. The molecule has 0 saturated carbocycles. The predicted molar refractivity (Wildman–Crippen MR) is 43.2 cm³/mol. The zero-order valence-corrected chi connectivity index (χ0v) is 7.38. The number of hydrogen-bond donors (Lipinski definition) is 1. The van der Waals surface area contributed by atoms with E-state index in [1.54, 1.807) is 11.3 Å². The molecular formula is C6H4BrNOS. The third-order valence-electron chi connectivity index (χ3n) is 1.43. The topological polar surface area (TPSA) is 29.1 Å². The zero-order valence-electron chi connectivity index (χ0n) is 4.98. The van der Waals surface area contributed by atoms with Crippen LogP contribution in [0.5, 0.6) is 0 Å². The van der Waals surface area contributed by atoms with Gasteiger partial charge in [-0.1, -0.05) is 0 Å². The van der Waals surface area contributed by atoms with Gasteiger partial charge in [-0.2, -0.15) is 0 Å². The minimum Gasteiger partial charge on any atom is -0.347 e. The van der Waals surface area contributed by atoms with Crippen LogP contribution < -0.4 is 5.32 Å². The van der Waals surface area contributed by atoms with E-state index >= 15 is 0 Å². The van der Waals surface area contributed by atoms with E-state index in [1.165, 1.54) is 0 Å². The molecule has 2 nitrogen and oxygen atoms in total. The predicted octanol–water partition coefficient (Wildman–Crippen LogP) is 1.75. The SMILES string of the molecule is O=C1NCc2sc(Br)cc21. The number of carbonyl (C=O) groups excluding carboxylic acids is 1. The fraction of sp³-hybridized carbons (Fsp3) is 0.167. The summed E-state index contributed by atoms with van der Waals surface area (Å²) in [7, 11) is 0. The highest BCUT2D eigenvalue weighted by Crippen LogP contribution is 2.29. The molecule has 0 aliphatic carbocycles. The van der Waals surface area contributed by atoms with Crippen molar-refractivity contribution in [2.75, 3.05) is 0 Å². The molecule has 1 aliphatic rings. The van der Waals surface area contributed by atoms with Crippen molar-refractivity contribution in [1.29, 1.82) is 0 Å². The molecule has 0 bridgehead atoms.